The van der Waals surface area contributed by atoms with Crippen LogP contribution in [0, 0.1) is 0 Å². The Labute approximate surface area is 206 Å². The zero-order valence-electron chi connectivity index (χ0n) is 20.4. The highest BCUT2D eigenvalue weighted by molar-refractivity contribution is 5.92. The molecule has 0 radical (unpaired) electrons. The van der Waals surface area contributed by atoms with Gasteiger partial charge in [-0.3, -0.25) is 14.5 Å². The third-order valence-electron chi connectivity index (χ3n) is 6.48. The molecule has 6 nitrogen and oxygen atoms in total. The van der Waals surface area contributed by atoms with E-state index in [9.17, 15) is 9.59 Å². The molecule has 0 aromatic heterocycles. The first kappa shape index (κ1) is 24.5. The molecule has 3 aromatic carbocycles. The molecule has 3 aromatic rings. The first-order valence-electron chi connectivity index (χ1n) is 12.0. The van der Waals surface area contributed by atoms with Gasteiger partial charge in [-0.05, 0) is 47.0 Å². The molecule has 6 heteroatoms. The minimum absolute atomic E-state index is 0.0302. The molecule has 1 amide bonds. The van der Waals surface area contributed by atoms with E-state index in [0.29, 0.717) is 26.2 Å². The molecule has 1 atom stereocenters. The van der Waals surface area contributed by atoms with Crippen molar-refractivity contribution in [3.8, 4) is 5.75 Å². The van der Waals surface area contributed by atoms with Crippen molar-refractivity contribution in [1.82, 2.24) is 9.80 Å². The number of ether oxygens (including phenoxy) is 2. The number of esters is 1. The zero-order chi connectivity index (χ0) is 24.6. The van der Waals surface area contributed by atoms with E-state index in [4.69, 9.17) is 9.47 Å². The number of methoxy groups -OCH3 is 1. The standard InChI is InChI=1S/C29H32N2O4/c1-22(24-9-10-26-21-27(34-2)12-11-25(26)20-24)29(33)35-19-18-30-14-16-31(17-15-30)28(32)13-8-23-6-4-3-5-7-23/h3-13,20-22H,14-19H2,1-2H3/b13-8-. The fourth-order valence-corrected chi connectivity index (χ4v) is 4.20. The fraction of sp³-hybridized carbons (Fsp3) is 0.310. The highest BCUT2D eigenvalue weighted by atomic mass is 16.5. The van der Waals surface area contributed by atoms with E-state index in [2.05, 4.69) is 4.90 Å². The van der Waals surface area contributed by atoms with Crippen LogP contribution in [-0.2, 0) is 14.3 Å². The number of carbonyl (C=O) groups is 2. The summed E-state index contributed by atoms with van der Waals surface area (Å²) in [4.78, 5) is 29.2. The largest absolute Gasteiger partial charge is 0.497 e. The van der Waals surface area contributed by atoms with Crippen molar-refractivity contribution in [1.29, 1.82) is 0 Å². The first-order valence-corrected chi connectivity index (χ1v) is 12.0. The topological polar surface area (TPSA) is 59.1 Å². The third kappa shape index (κ3) is 6.49. The van der Waals surface area contributed by atoms with Crippen LogP contribution in [0.4, 0.5) is 0 Å². The summed E-state index contributed by atoms with van der Waals surface area (Å²) in [6.07, 6.45) is 3.49. The Morgan fingerprint density at radius 2 is 1.66 bits per heavy atom. The predicted molar refractivity (Wildman–Crippen MR) is 138 cm³/mol. The molecule has 1 heterocycles. The number of piperazine rings is 1. The Morgan fingerprint density at radius 1 is 0.943 bits per heavy atom. The van der Waals surface area contributed by atoms with Crippen LogP contribution in [0.5, 0.6) is 5.75 Å². The molecule has 1 aliphatic rings. The Kier molecular flexibility index (Phi) is 8.16. The molecule has 1 unspecified atom stereocenters. The third-order valence-corrected chi connectivity index (χ3v) is 6.48. The number of rotatable bonds is 8. The molecule has 182 valence electrons. The van der Waals surface area contributed by atoms with Crippen LogP contribution in [0.25, 0.3) is 16.8 Å². The summed E-state index contributed by atoms with van der Waals surface area (Å²) in [5, 5.41) is 2.14. The van der Waals surface area contributed by atoms with Gasteiger partial charge < -0.3 is 14.4 Å². The maximum Gasteiger partial charge on any atom is 0.313 e. The molecule has 1 saturated heterocycles. The van der Waals surface area contributed by atoms with Gasteiger partial charge in [-0.15, -0.1) is 0 Å². The van der Waals surface area contributed by atoms with Crippen molar-refractivity contribution in [2.75, 3.05) is 46.4 Å². The van der Waals surface area contributed by atoms with Crippen molar-refractivity contribution >= 4 is 28.7 Å². The van der Waals surface area contributed by atoms with Gasteiger partial charge in [0, 0.05) is 38.8 Å². The molecule has 1 fully saturated rings. The van der Waals surface area contributed by atoms with Crippen molar-refractivity contribution in [2.45, 2.75) is 12.8 Å². The van der Waals surface area contributed by atoms with E-state index in [1.807, 2.05) is 84.6 Å². The summed E-state index contributed by atoms with van der Waals surface area (Å²) in [5.41, 5.74) is 1.95. The smallest absolute Gasteiger partial charge is 0.313 e. The maximum atomic E-state index is 12.6. The van der Waals surface area contributed by atoms with E-state index < -0.39 is 0 Å². The fourth-order valence-electron chi connectivity index (χ4n) is 4.20. The Bertz CT molecular complexity index is 1180. The van der Waals surface area contributed by atoms with Crippen molar-refractivity contribution < 1.29 is 19.1 Å². The number of hydrogen-bond acceptors (Lipinski definition) is 5. The molecule has 0 saturated carbocycles. The van der Waals surface area contributed by atoms with Gasteiger partial charge in [-0.1, -0.05) is 54.6 Å². The number of hydrogen-bond donors (Lipinski definition) is 0. The maximum absolute atomic E-state index is 12.6. The second-order valence-electron chi connectivity index (χ2n) is 8.77. The summed E-state index contributed by atoms with van der Waals surface area (Å²) in [5.74, 6) is 0.277. The van der Waals surface area contributed by atoms with Gasteiger partial charge in [0.2, 0.25) is 5.91 Å². The van der Waals surface area contributed by atoms with E-state index >= 15 is 0 Å². The second-order valence-corrected chi connectivity index (χ2v) is 8.77. The summed E-state index contributed by atoms with van der Waals surface area (Å²) in [6.45, 7) is 5.76. The van der Waals surface area contributed by atoms with Crippen LogP contribution >= 0.6 is 0 Å². The highest BCUT2D eigenvalue weighted by Crippen LogP contribution is 2.25. The van der Waals surface area contributed by atoms with Gasteiger partial charge in [0.25, 0.3) is 0 Å². The summed E-state index contributed by atoms with van der Waals surface area (Å²) >= 11 is 0. The summed E-state index contributed by atoms with van der Waals surface area (Å²) < 4.78 is 10.9. The summed E-state index contributed by atoms with van der Waals surface area (Å²) in [7, 11) is 1.65. The van der Waals surface area contributed by atoms with Gasteiger partial charge in [0.15, 0.2) is 0 Å². The molecule has 0 N–H and O–H groups in total. The molecule has 0 spiro atoms. The van der Waals surface area contributed by atoms with Crippen molar-refractivity contribution in [2.24, 2.45) is 0 Å². The number of nitrogens with zero attached hydrogens (tertiary/aromatic N) is 2. The highest BCUT2D eigenvalue weighted by Gasteiger charge is 2.21. The number of fused-ring (bicyclic) bond motifs is 1. The van der Waals surface area contributed by atoms with Crippen LogP contribution < -0.4 is 4.74 Å². The minimum Gasteiger partial charge on any atom is -0.497 e. The van der Waals surface area contributed by atoms with Crippen LogP contribution in [-0.4, -0.2) is 68.1 Å². The average Bonchev–Trinajstić information content (AvgIpc) is 2.91. The van der Waals surface area contributed by atoms with Gasteiger partial charge in [0.1, 0.15) is 12.4 Å². The average molecular weight is 473 g/mol. The lowest BCUT2D eigenvalue weighted by Gasteiger charge is -2.34. The quantitative estimate of drug-likeness (QED) is 0.360. The number of carbonyl (C=O) groups excluding carboxylic acids is 2. The SMILES string of the molecule is COc1ccc2cc(C(C)C(=O)OCCN3CCN(C(=O)/C=C\c4ccccc4)CC3)ccc2c1. The van der Waals surface area contributed by atoms with Crippen LogP contribution in [0.3, 0.4) is 0 Å². The minimum atomic E-state index is -0.340. The number of benzene rings is 3. The normalized spacial score (nSPS) is 15.3. The predicted octanol–water partition coefficient (Wildman–Crippen LogP) is 4.35. The summed E-state index contributed by atoms with van der Waals surface area (Å²) in [6, 6.07) is 21.7. The van der Waals surface area contributed by atoms with Gasteiger partial charge >= 0.3 is 5.97 Å². The zero-order valence-corrected chi connectivity index (χ0v) is 20.4. The van der Waals surface area contributed by atoms with E-state index in [1.165, 1.54) is 0 Å². The van der Waals surface area contributed by atoms with Gasteiger partial charge in [0.05, 0.1) is 13.0 Å². The molecule has 0 aliphatic carbocycles. The molecule has 4 rings (SSSR count). The molecular formula is C29H32N2O4. The van der Waals surface area contributed by atoms with E-state index in [-0.39, 0.29) is 17.8 Å². The lowest BCUT2D eigenvalue weighted by Crippen LogP contribution is -2.49. The Morgan fingerprint density at radius 3 is 2.40 bits per heavy atom. The van der Waals surface area contributed by atoms with Gasteiger partial charge in [-0.25, -0.2) is 0 Å². The second kappa shape index (κ2) is 11.7. The van der Waals surface area contributed by atoms with Crippen LogP contribution in [0.15, 0.2) is 72.8 Å². The molecule has 1 aliphatic heterocycles. The lowest BCUT2D eigenvalue weighted by atomic mass is 9.98. The van der Waals surface area contributed by atoms with E-state index in [1.54, 1.807) is 13.2 Å². The monoisotopic (exact) mass is 472 g/mol. The van der Waals surface area contributed by atoms with Crippen molar-refractivity contribution in [3.63, 3.8) is 0 Å². The van der Waals surface area contributed by atoms with Crippen molar-refractivity contribution in [3.05, 3.63) is 83.9 Å². The van der Waals surface area contributed by atoms with Crippen LogP contribution in [0.1, 0.15) is 24.0 Å². The Hall–Kier alpha value is -3.64. The van der Waals surface area contributed by atoms with Crippen LogP contribution in [0.2, 0.25) is 0 Å². The van der Waals surface area contributed by atoms with Gasteiger partial charge in [-0.2, -0.15) is 0 Å². The first-order chi connectivity index (χ1) is 17.0. The molecular weight excluding hydrogens is 440 g/mol. The molecule has 0 bridgehead atoms. The molecule has 35 heavy (non-hydrogen) atoms. The lowest BCUT2D eigenvalue weighted by molar-refractivity contribution is -0.145. The number of amides is 1. The van der Waals surface area contributed by atoms with E-state index in [0.717, 1.165) is 40.7 Å². The Balaban J connectivity index is 1.20.